The van der Waals surface area contributed by atoms with E-state index >= 15 is 4.39 Å². The van der Waals surface area contributed by atoms with Crippen molar-refractivity contribution in [3.63, 3.8) is 0 Å². The summed E-state index contributed by atoms with van der Waals surface area (Å²) >= 11 is 0. The highest BCUT2D eigenvalue weighted by Gasteiger charge is 2.44. The Morgan fingerprint density at radius 2 is 1.46 bits per heavy atom. The van der Waals surface area contributed by atoms with Crippen LogP contribution >= 0.6 is 0 Å². The highest BCUT2D eigenvalue weighted by atomic mass is 19.4. The van der Waals surface area contributed by atoms with E-state index in [-0.39, 0.29) is 34.7 Å². The van der Waals surface area contributed by atoms with Crippen molar-refractivity contribution >= 4 is 11.7 Å². The number of rotatable bonds is 5. The molecule has 1 heterocycles. The van der Waals surface area contributed by atoms with Gasteiger partial charge in [-0.05, 0) is 103 Å². The lowest BCUT2D eigenvalue weighted by Gasteiger charge is -2.35. The van der Waals surface area contributed by atoms with Gasteiger partial charge >= 0.3 is 24.6 Å². The molecule has 13 heteroatoms. The van der Waals surface area contributed by atoms with Crippen molar-refractivity contribution in [1.29, 1.82) is 0 Å². The molecule has 0 saturated carbocycles. The number of allylic oxidation sites excluding steroid dienone is 1. The van der Waals surface area contributed by atoms with Crippen molar-refractivity contribution in [2.75, 3.05) is 6.54 Å². The van der Waals surface area contributed by atoms with Gasteiger partial charge in [-0.2, -0.15) is 39.5 Å². The van der Waals surface area contributed by atoms with Gasteiger partial charge in [-0.25, -0.2) is 9.18 Å². The molecule has 0 aromatic heterocycles. The zero-order valence-electron chi connectivity index (χ0n) is 26.2. The van der Waals surface area contributed by atoms with E-state index in [0.29, 0.717) is 48.1 Å². The topological polar surface area (TPSA) is 29.5 Å². The van der Waals surface area contributed by atoms with E-state index in [2.05, 4.69) is 0 Å². The first-order valence-corrected chi connectivity index (χ1v) is 15.0. The van der Waals surface area contributed by atoms with Crippen molar-refractivity contribution < 1.29 is 53.4 Å². The Labute approximate surface area is 270 Å². The van der Waals surface area contributed by atoms with E-state index in [1.165, 1.54) is 43.0 Å². The number of ether oxygens (including phenoxy) is 1. The largest absolute Gasteiger partial charge is 0.439 e. The molecule has 3 nitrogen and oxygen atoms in total. The molecule has 0 bridgehead atoms. The molecule has 3 aromatic rings. The maximum atomic E-state index is 15.5. The van der Waals surface area contributed by atoms with E-state index in [1.807, 2.05) is 13.8 Å². The van der Waals surface area contributed by atoms with Crippen molar-refractivity contribution in [2.24, 2.45) is 5.41 Å². The predicted octanol–water partition coefficient (Wildman–Crippen LogP) is 11.4. The minimum atomic E-state index is -5.10. The van der Waals surface area contributed by atoms with Gasteiger partial charge in [0.1, 0.15) is 11.9 Å². The van der Waals surface area contributed by atoms with E-state index in [9.17, 15) is 44.3 Å². The van der Waals surface area contributed by atoms with Crippen LogP contribution in [0.1, 0.15) is 79.5 Å². The van der Waals surface area contributed by atoms with Crippen LogP contribution in [-0.4, -0.2) is 23.6 Å². The lowest BCUT2D eigenvalue weighted by atomic mass is 9.72. The second-order valence-electron chi connectivity index (χ2n) is 13.2. The molecule has 1 aliphatic heterocycles. The molecule has 5 rings (SSSR count). The fourth-order valence-corrected chi connectivity index (χ4v) is 6.47. The number of carbonyl (C=O) groups is 1. The molecular weight excluding hydrogens is 656 g/mol. The highest BCUT2D eigenvalue weighted by molar-refractivity contribution is 5.78. The Kier molecular flexibility index (Phi) is 8.92. The molecule has 1 amide bonds. The number of halogens is 10. The summed E-state index contributed by atoms with van der Waals surface area (Å²) in [5.74, 6) is -0.704. The smallest absolute Gasteiger partial charge is 0.417 e. The molecule has 3 aromatic carbocycles. The zero-order chi connectivity index (χ0) is 35.6. The van der Waals surface area contributed by atoms with Crippen LogP contribution in [0.15, 0.2) is 60.2 Å². The van der Waals surface area contributed by atoms with Gasteiger partial charge < -0.3 is 4.74 Å². The third-order valence-corrected chi connectivity index (χ3v) is 8.95. The third-order valence-electron chi connectivity index (χ3n) is 8.95. The lowest BCUT2D eigenvalue weighted by Crippen LogP contribution is -2.35. The van der Waals surface area contributed by atoms with E-state index in [1.54, 1.807) is 0 Å². The molecule has 258 valence electrons. The maximum absolute atomic E-state index is 15.5. The van der Waals surface area contributed by atoms with Gasteiger partial charge in [0, 0.05) is 12.1 Å². The van der Waals surface area contributed by atoms with Gasteiger partial charge in [-0.15, -0.1) is 0 Å². The molecule has 48 heavy (non-hydrogen) atoms. The molecule has 0 radical (unpaired) electrons. The van der Waals surface area contributed by atoms with Crippen LogP contribution in [0, 0.1) is 18.2 Å². The Balaban J connectivity index is 1.55. The average Bonchev–Trinajstić information content (AvgIpc) is 3.24. The van der Waals surface area contributed by atoms with E-state index < -0.39 is 64.8 Å². The number of nitrogens with zero attached hydrogens (tertiary/aromatic N) is 1. The van der Waals surface area contributed by atoms with Crippen LogP contribution in [0.2, 0.25) is 0 Å². The van der Waals surface area contributed by atoms with Crippen LogP contribution < -0.4 is 0 Å². The first-order valence-electron chi connectivity index (χ1n) is 15.0. The Bertz CT molecular complexity index is 1740. The van der Waals surface area contributed by atoms with Crippen LogP contribution in [0.4, 0.5) is 48.7 Å². The van der Waals surface area contributed by atoms with Crippen LogP contribution in [0.3, 0.4) is 0 Å². The molecule has 1 fully saturated rings. The second kappa shape index (κ2) is 12.1. The number of amides is 1. The molecule has 0 spiro atoms. The summed E-state index contributed by atoms with van der Waals surface area (Å²) in [6.45, 7) is 6.63. The van der Waals surface area contributed by atoms with E-state index in [0.717, 1.165) is 12.1 Å². The minimum absolute atomic E-state index is 0.0131. The van der Waals surface area contributed by atoms with Gasteiger partial charge in [0.05, 0.1) is 22.7 Å². The lowest BCUT2D eigenvalue weighted by molar-refractivity contribution is -0.143. The Morgan fingerprint density at radius 3 is 2.04 bits per heavy atom. The van der Waals surface area contributed by atoms with Gasteiger partial charge in [0.25, 0.3) is 0 Å². The quantitative estimate of drug-likeness (QED) is 0.250. The first-order chi connectivity index (χ1) is 22.0. The van der Waals surface area contributed by atoms with Crippen LogP contribution in [0.5, 0.6) is 0 Å². The zero-order valence-corrected chi connectivity index (χ0v) is 26.2. The van der Waals surface area contributed by atoms with Crippen molar-refractivity contribution in [1.82, 2.24) is 4.90 Å². The average molecular weight is 688 g/mol. The molecule has 0 N–H and O–H groups in total. The summed E-state index contributed by atoms with van der Waals surface area (Å²) < 4.78 is 144. The monoisotopic (exact) mass is 687 g/mol. The van der Waals surface area contributed by atoms with Gasteiger partial charge in [-0.1, -0.05) is 37.6 Å². The highest BCUT2D eigenvalue weighted by Crippen LogP contribution is 2.47. The molecule has 1 aliphatic carbocycles. The van der Waals surface area contributed by atoms with E-state index in [4.69, 9.17) is 4.74 Å². The molecule has 1 saturated heterocycles. The molecule has 2 aliphatic rings. The van der Waals surface area contributed by atoms with Gasteiger partial charge in [-0.3, -0.25) is 4.90 Å². The maximum Gasteiger partial charge on any atom is 0.417 e. The molecular formula is C35H31F10NO2. The first kappa shape index (κ1) is 35.3. The van der Waals surface area contributed by atoms with Crippen molar-refractivity contribution in [3.8, 4) is 11.1 Å². The number of carbonyl (C=O) groups excluding carboxylic acids is 1. The fourth-order valence-electron chi connectivity index (χ4n) is 6.47. The van der Waals surface area contributed by atoms with Gasteiger partial charge in [0.15, 0.2) is 0 Å². The number of benzene rings is 3. The summed E-state index contributed by atoms with van der Waals surface area (Å²) in [6, 6.07) is 7.48. The summed E-state index contributed by atoms with van der Waals surface area (Å²) in [6.07, 6.45) is -16.2. The Morgan fingerprint density at radius 1 is 0.833 bits per heavy atom. The third kappa shape index (κ3) is 7.19. The SMILES string of the molecule is Cc1ccc(-c2ccc(F)c(C3=C(CN4C(=O)O[C@H](c5cc(C(F)(F)F)cc(C(F)(F)F)c5)[C@@H]4C)CC(C)(C)CC3)c2)c(C(F)(F)F)c1. The Hall–Kier alpha value is -4.03. The number of hydrogen-bond acceptors (Lipinski definition) is 2. The van der Waals surface area contributed by atoms with Crippen molar-refractivity contribution in [3.05, 3.63) is 99.4 Å². The van der Waals surface area contributed by atoms with Crippen LogP contribution in [0.25, 0.3) is 16.7 Å². The summed E-state index contributed by atoms with van der Waals surface area (Å²) in [5.41, 5.74) is -3.42. The fraction of sp³-hybridized carbons (Fsp3) is 0.400. The van der Waals surface area contributed by atoms with Gasteiger partial charge in [0.2, 0.25) is 0 Å². The summed E-state index contributed by atoms with van der Waals surface area (Å²) in [7, 11) is 0. The normalized spacial score (nSPS) is 20.4. The predicted molar refractivity (Wildman–Crippen MR) is 158 cm³/mol. The standard InChI is InChI=1S/C35H31F10NO2/c1-18-5-7-26(28(11-18)35(43,44)45)20-6-8-29(36)27(14-20)25-9-10-32(3,4)16-22(25)17-46-19(2)30(48-31(46)47)21-12-23(33(37,38)39)15-24(13-21)34(40,41)42/h5-8,11-15,19,30H,9-10,16-17H2,1-4H3/t19-,30-/m0/s1. The molecule has 2 atom stereocenters. The van der Waals surface area contributed by atoms with Crippen LogP contribution in [-0.2, 0) is 23.3 Å². The minimum Gasteiger partial charge on any atom is -0.439 e. The number of aryl methyl sites for hydroxylation is 1. The number of cyclic esters (lactones) is 1. The van der Waals surface area contributed by atoms with Crippen molar-refractivity contribution in [2.45, 2.75) is 77.6 Å². The second-order valence-corrected chi connectivity index (χ2v) is 13.2. The number of hydrogen-bond donors (Lipinski definition) is 0. The summed E-state index contributed by atoms with van der Waals surface area (Å²) in [5, 5.41) is 0. The molecule has 0 unspecified atom stereocenters. The summed E-state index contributed by atoms with van der Waals surface area (Å²) in [4.78, 5) is 14.3. The number of alkyl halides is 9.